The van der Waals surface area contributed by atoms with Gasteiger partial charge in [0.1, 0.15) is 5.69 Å². The molecular formula is C14H16N2O3. The highest BCUT2D eigenvalue weighted by Gasteiger charge is 2.22. The Morgan fingerprint density at radius 2 is 1.84 bits per heavy atom. The lowest BCUT2D eigenvalue weighted by molar-refractivity contribution is 0.403. The summed E-state index contributed by atoms with van der Waals surface area (Å²) in [5, 5.41) is 2.99. The van der Waals surface area contributed by atoms with Crippen LogP contribution in [0.2, 0.25) is 0 Å². The van der Waals surface area contributed by atoms with Crippen LogP contribution in [0.5, 0.6) is 5.75 Å². The molecule has 2 aromatic rings. The van der Waals surface area contributed by atoms with Gasteiger partial charge in [-0.3, -0.25) is 9.59 Å². The van der Waals surface area contributed by atoms with Crippen LogP contribution in [0.1, 0.15) is 5.56 Å². The second kappa shape index (κ2) is 5.24. The predicted octanol–water partition coefficient (Wildman–Crippen LogP) is 1.10. The second-order valence-electron chi connectivity index (χ2n) is 4.59. The minimum absolute atomic E-state index is 0.102. The molecule has 19 heavy (non-hydrogen) atoms. The summed E-state index contributed by atoms with van der Waals surface area (Å²) < 4.78 is 4.91. The highest BCUT2D eigenvalue weighted by atomic mass is 16.5. The average Bonchev–Trinajstić information content (AvgIpc) is 2.39. The molecule has 0 fully saturated rings. The van der Waals surface area contributed by atoms with Crippen LogP contribution in [0.4, 0.5) is 11.4 Å². The Kier molecular flexibility index (Phi) is 3.66. The van der Waals surface area contributed by atoms with Gasteiger partial charge in [0, 0.05) is 12.2 Å². The van der Waals surface area contributed by atoms with Gasteiger partial charge in [0.15, 0.2) is 5.75 Å². The zero-order chi connectivity index (χ0) is 14.0. The van der Waals surface area contributed by atoms with Crippen LogP contribution in [0.15, 0.2) is 33.9 Å². The third-order valence-electron chi connectivity index (χ3n) is 2.83. The first-order valence-corrected chi connectivity index (χ1v) is 5.91. The Balaban J connectivity index is 2.31. The lowest BCUT2D eigenvalue weighted by Gasteiger charge is -2.17. The fourth-order valence-electron chi connectivity index (χ4n) is 1.93. The van der Waals surface area contributed by atoms with Gasteiger partial charge in [-0.15, -0.1) is 0 Å². The molecule has 0 amide bonds. The van der Waals surface area contributed by atoms with Crippen LogP contribution in [-0.4, -0.2) is 26.1 Å². The molecule has 0 bridgehead atoms. The van der Waals surface area contributed by atoms with E-state index < -0.39 is 10.9 Å². The van der Waals surface area contributed by atoms with Gasteiger partial charge in [-0.05, 0) is 25.7 Å². The number of hydrogen-bond donors (Lipinski definition) is 1. The number of rotatable bonds is 5. The van der Waals surface area contributed by atoms with Crippen LogP contribution in [0.3, 0.4) is 0 Å². The molecule has 1 N–H and O–H groups in total. The van der Waals surface area contributed by atoms with Crippen LogP contribution >= 0.6 is 0 Å². The molecule has 0 radical (unpaired) electrons. The van der Waals surface area contributed by atoms with Crippen molar-refractivity contribution in [1.82, 2.24) is 4.90 Å². The molecule has 5 nitrogen and oxygen atoms in total. The second-order valence-corrected chi connectivity index (χ2v) is 4.59. The topological polar surface area (TPSA) is 58.6 Å². The standard InChI is InChI=1S/C14H16N2O3/c1-16(2)8-9-6-4-5-7-10(9)15-11-12(17)13(18)14(11)19-3/h4-7,15H,8H2,1-3H3. The molecule has 0 saturated carbocycles. The van der Waals surface area contributed by atoms with Crippen molar-refractivity contribution in [2.45, 2.75) is 6.54 Å². The van der Waals surface area contributed by atoms with E-state index in [1.165, 1.54) is 7.11 Å². The third-order valence-corrected chi connectivity index (χ3v) is 2.83. The zero-order valence-corrected chi connectivity index (χ0v) is 11.2. The lowest BCUT2D eigenvalue weighted by atomic mass is 10.1. The van der Waals surface area contributed by atoms with Gasteiger partial charge in [-0.25, -0.2) is 0 Å². The molecule has 0 atom stereocenters. The summed E-state index contributed by atoms with van der Waals surface area (Å²) in [4.78, 5) is 24.8. The van der Waals surface area contributed by atoms with Gasteiger partial charge in [0.2, 0.25) is 0 Å². The van der Waals surface area contributed by atoms with Crippen LogP contribution in [0, 0.1) is 0 Å². The Hall–Kier alpha value is -2.14. The van der Waals surface area contributed by atoms with Gasteiger partial charge in [0.05, 0.1) is 7.11 Å². The number of nitrogens with one attached hydrogen (secondary N) is 1. The molecule has 0 aliphatic heterocycles. The number of anilines is 2. The van der Waals surface area contributed by atoms with Crippen molar-refractivity contribution in [3.63, 3.8) is 0 Å². The van der Waals surface area contributed by atoms with Crippen molar-refractivity contribution in [3.05, 3.63) is 50.3 Å². The van der Waals surface area contributed by atoms with E-state index in [0.717, 1.165) is 17.8 Å². The largest absolute Gasteiger partial charge is 0.491 e. The molecule has 0 aliphatic carbocycles. The van der Waals surface area contributed by atoms with Crippen molar-refractivity contribution in [1.29, 1.82) is 0 Å². The monoisotopic (exact) mass is 260 g/mol. The fraction of sp³-hybridized carbons (Fsp3) is 0.286. The number of benzene rings is 1. The Labute approximate surface area is 111 Å². The molecule has 0 heterocycles. The number of nitrogens with zero attached hydrogens (tertiary/aromatic N) is 1. The fourth-order valence-corrected chi connectivity index (χ4v) is 1.93. The van der Waals surface area contributed by atoms with Crippen LogP contribution in [0.25, 0.3) is 0 Å². The summed E-state index contributed by atoms with van der Waals surface area (Å²) in [6.45, 7) is 0.737. The summed E-state index contributed by atoms with van der Waals surface area (Å²) in [7, 11) is 5.32. The van der Waals surface area contributed by atoms with Gasteiger partial charge >= 0.3 is 0 Å². The Morgan fingerprint density at radius 1 is 1.16 bits per heavy atom. The molecule has 0 unspecified atom stereocenters. The van der Waals surface area contributed by atoms with Crippen molar-refractivity contribution >= 4 is 11.4 Å². The maximum Gasteiger partial charge on any atom is 0.272 e. The van der Waals surface area contributed by atoms with E-state index >= 15 is 0 Å². The van der Waals surface area contributed by atoms with Crippen molar-refractivity contribution in [2.24, 2.45) is 0 Å². The zero-order valence-electron chi connectivity index (χ0n) is 11.2. The molecule has 0 aromatic heterocycles. The first-order chi connectivity index (χ1) is 9.04. The minimum Gasteiger partial charge on any atom is -0.491 e. The molecule has 2 rings (SSSR count). The highest BCUT2D eigenvalue weighted by molar-refractivity contribution is 5.71. The summed E-state index contributed by atoms with van der Waals surface area (Å²) in [5.74, 6) is 0.102. The average molecular weight is 260 g/mol. The summed E-state index contributed by atoms with van der Waals surface area (Å²) in [5.41, 5.74) is 0.981. The van der Waals surface area contributed by atoms with E-state index in [2.05, 4.69) is 5.32 Å². The summed E-state index contributed by atoms with van der Waals surface area (Å²) >= 11 is 0. The smallest absolute Gasteiger partial charge is 0.272 e. The predicted molar refractivity (Wildman–Crippen MR) is 75.0 cm³/mol. The van der Waals surface area contributed by atoms with E-state index in [4.69, 9.17) is 4.74 Å². The van der Waals surface area contributed by atoms with Gasteiger partial charge in [-0.1, -0.05) is 18.2 Å². The number of ether oxygens (including phenoxy) is 1. The van der Waals surface area contributed by atoms with Crippen LogP contribution in [-0.2, 0) is 6.54 Å². The van der Waals surface area contributed by atoms with Gasteiger partial charge in [0.25, 0.3) is 10.9 Å². The Morgan fingerprint density at radius 3 is 2.47 bits per heavy atom. The van der Waals surface area contributed by atoms with Crippen molar-refractivity contribution < 1.29 is 4.74 Å². The van der Waals surface area contributed by atoms with E-state index in [1.54, 1.807) is 0 Å². The molecule has 0 spiro atoms. The number of methoxy groups -OCH3 is 1. The molecule has 0 aliphatic rings. The SMILES string of the molecule is COc1c(Nc2ccccc2CN(C)C)c(=O)c1=O. The first-order valence-electron chi connectivity index (χ1n) is 5.91. The van der Waals surface area contributed by atoms with Gasteiger partial charge < -0.3 is 15.0 Å². The van der Waals surface area contributed by atoms with E-state index in [1.807, 2.05) is 43.3 Å². The van der Waals surface area contributed by atoms with E-state index in [0.29, 0.717) is 0 Å². The molecule has 2 aromatic carbocycles. The number of para-hydroxylation sites is 1. The normalized spacial score (nSPS) is 10.9. The molecular weight excluding hydrogens is 244 g/mol. The maximum atomic E-state index is 11.5. The summed E-state index contributed by atoms with van der Waals surface area (Å²) in [6, 6.07) is 7.65. The summed E-state index contributed by atoms with van der Waals surface area (Å²) in [6.07, 6.45) is 0. The van der Waals surface area contributed by atoms with E-state index in [9.17, 15) is 9.59 Å². The van der Waals surface area contributed by atoms with Gasteiger partial charge in [-0.2, -0.15) is 0 Å². The number of hydrogen-bond acceptors (Lipinski definition) is 5. The quantitative estimate of drug-likeness (QED) is 0.816. The molecule has 100 valence electrons. The van der Waals surface area contributed by atoms with Crippen molar-refractivity contribution in [2.75, 3.05) is 26.5 Å². The third kappa shape index (κ3) is 2.51. The maximum absolute atomic E-state index is 11.5. The minimum atomic E-state index is -0.574. The first kappa shape index (κ1) is 13.3. The molecule has 5 heteroatoms. The lowest BCUT2D eigenvalue weighted by Crippen LogP contribution is -2.34. The van der Waals surface area contributed by atoms with Crippen molar-refractivity contribution in [3.8, 4) is 5.75 Å². The molecule has 0 saturated heterocycles. The Bertz CT molecular complexity index is 655. The highest BCUT2D eigenvalue weighted by Crippen LogP contribution is 2.25. The van der Waals surface area contributed by atoms with Crippen LogP contribution < -0.4 is 20.9 Å². The van der Waals surface area contributed by atoms with E-state index in [-0.39, 0.29) is 11.4 Å².